The summed E-state index contributed by atoms with van der Waals surface area (Å²) in [5.41, 5.74) is 3.59. The fourth-order valence-electron chi connectivity index (χ4n) is 4.73. The molecule has 0 amide bonds. The molecule has 2 aromatic heterocycles. The lowest BCUT2D eigenvalue weighted by Gasteiger charge is -2.28. The number of nitrogens with one attached hydrogen (secondary N) is 1. The number of aromatic amines is 1. The summed E-state index contributed by atoms with van der Waals surface area (Å²) in [5, 5.41) is 1.70. The van der Waals surface area contributed by atoms with Gasteiger partial charge in [0.15, 0.2) is 9.84 Å². The SMILES string of the molecule is [C-]#[N+]c1cnc2[nH]c3c(OCC4CCN(C)CC4)ccc(-c4cccc(S(=O)(=O)CC)c4)c3c2c1. The number of piperidine rings is 1. The van der Waals surface area contributed by atoms with E-state index in [2.05, 4.69) is 26.8 Å². The topological polar surface area (TPSA) is 79.7 Å². The Hall–Kier alpha value is -3.41. The molecule has 1 saturated heterocycles. The minimum absolute atomic E-state index is 0.0426. The van der Waals surface area contributed by atoms with Gasteiger partial charge < -0.3 is 14.6 Å². The molecule has 3 heterocycles. The van der Waals surface area contributed by atoms with Gasteiger partial charge in [-0.15, -0.1) is 0 Å². The summed E-state index contributed by atoms with van der Waals surface area (Å²) in [5.74, 6) is 1.29. The number of sulfone groups is 1. The van der Waals surface area contributed by atoms with Gasteiger partial charge in [-0.05, 0) is 80.4 Å². The minimum atomic E-state index is -3.34. The van der Waals surface area contributed by atoms with E-state index in [1.54, 1.807) is 31.3 Å². The highest BCUT2D eigenvalue weighted by Gasteiger charge is 2.21. The number of hydrogen-bond acceptors (Lipinski definition) is 5. The van der Waals surface area contributed by atoms with Crippen molar-refractivity contribution in [3.05, 3.63) is 60.1 Å². The zero-order valence-electron chi connectivity index (χ0n) is 19.9. The van der Waals surface area contributed by atoms with E-state index in [0.717, 1.165) is 59.1 Å². The predicted molar refractivity (Wildman–Crippen MR) is 139 cm³/mol. The molecule has 1 aliphatic heterocycles. The summed E-state index contributed by atoms with van der Waals surface area (Å²) in [6.45, 7) is 11.9. The Morgan fingerprint density at radius 1 is 1.20 bits per heavy atom. The lowest BCUT2D eigenvalue weighted by Crippen LogP contribution is -2.32. The van der Waals surface area contributed by atoms with Crippen LogP contribution in [-0.4, -0.2) is 55.8 Å². The first-order valence-electron chi connectivity index (χ1n) is 11.9. The maximum absolute atomic E-state index is 12.5. The normalized spacial score (nSPS) is 15.5. The van der Waals surface area contributed by atoms with Crippen molar-refractivity contribution in [2.45, 2.75) is 24.7 Å². The van der Waals surface area contributed by atoms with Crippen molar-refractivity contribution in [3.8, 4) is 16.9 Å². The second-order valence-electron chi connectivity index (χ2n) is 9.18. The number of pyridine rings is 1. The van der Waals surface area contributed by atoms with Gasteiger partial charge in [0.25, 0.3) is 0 Å². The molecule has 7 nitrogen and oxygen atoms in total. The Kier molecular flexibility index (Phi) is 6.22. The Morgan fingerprint density at radius 2 is 2.00 bits per heavy atom. The molecule has 4 aromatic rings. The third-order valence-corrected chi connectivity index (χ3v) is 8.61. The predicted octanol–water partition coefficient (Wildman–Crippen LogP) is 5.45. The van der Waals surface area contributed by atoms with Crippen molar-refractivity contribution in [2.75, 3.05) is 32.5 Å². The molecule has 1 N–H and O–H groups in total. The van der Waals surface area contributed by atoms with E-state index < -0.39 is 9.84 Å². The van der Waals surface area contributed by atoms with E-state index in [-0.39, 0.29) is 5.75 Å². The van der Waals surface area contributed by atoms with Crippen molar-refractivity contribution >= 4 is 37.5 Å². The third kappa shape index (κ3) is 4.49. The van der Waals surface area contributed by atoms with E-state index in [0.29, 0.717) is 28.8 Å². The highest BCUT2D eigenvalue weighted by molar-refractivity contribution is 7.91. The van der Waals surface area contributed by atoms with Crippen molar-refractivity contribution in [2.24, 2.45) is 5.92 Å². The van der Waals surface area contributed by atoms with Gasteiger partial charge in [-0.25, -0.2) is 13.3 Å². The molecular formula is C27H28N4O3S. The van der Waals surface area contributed by atoms with Gasteiger partial charge in [0.1, 0.15) is 11.4 Å². The third-order valence-electron chi connectivity index (χ3n) is 6.88. The molecule has 180 valence electrons. The van der Waals surface area contributed by atoms with Gasteiger partial charge in [0.2, 0.25) is 5.69 Å². The second kappa shape index (κ2) is 9.33. The van der Waals surface area contributed by atoms with Gasteiger partial charge >= 0.3 is 0 Å². The van der Waals surface area contributed by atoms with Gasteiger partial charge in [0, 0.05) is 17.0 Å². The highest BCUT2D eigenvalue weighted by Crippen LogP contribution is 2.40. The average molecular weight is 489 g/mol. The zero-order chi connectivity index (χ0) is 24.6. The van der Waals surface area contributed by atoms with E-state index in [9.17, 15) is 8.42 Å². The molecule has 0 unspecified atom stereocenters. The monoisotopic (exact) mass is 488 g/mol. The van der Waals surface area contributed by atoms with Crippen LogP contribution in [0.2, 0.25) is 0 Å². The van der Waals surface area contributed by atoms with Crippen LogP contribution in [0, 0.1) is 12.5 Å². The van der Waals surface area contributed by atoms with Crippen LogP contribution in [0.15, 0.2) is 53.6 Å². The molecule has 0 aliphatic carbocycles. The Morgan fingerprint density at radius 3 is 2.74 bits per heavy atom. The Bertz CT molecular complexity index is 1540. The van der Waals surface area contributed by atoms with Crippen LogP contribution in [-0.2, 0) is 9.84 Å². The molecule has 35 heavy (non-hydrogen) atoms. The fraction of sp³-hybridized carbons (Fsp3) is 0.333. The zero-order valence-corrected chi connectivity index (χ0v) is 20.7. The van der Waals surface area contributed by atoms with E-state index in [4.69, 9.17) is 11.3 Å². The van der Waals surface area contributed by atoms with Crippen LogP contribution >= 0.6 is 0 Å². The number of likely N-dealkylation sites (tertiary alicyclic amines) is 1. The molecule has 0 saturated carbocycles. The maximum atomic E-state index is 12.5. The molecule has 0 radical (unpaired) electrons. The molecule has 5 rings (SSSR count). The highest BCUT2D eigenvalue weighted by atomic mass is 32.2. The molecule has 2 aromatic carbocycles. The van der Waals surface area contributed by atoms with Gasteiger partial charge in [-0.1, -0.05) is 19.1 Å². The average Bonchev–Trinajstić information content (AvgIpc) is 3.27. The van der Waals surface area contributed by atoms with Gasteiger partial charge in [-0.3, -0.25) is 4.98 Å². The summed E-state index contributed by atoms with van der Waals surface area (Å²) in [6.07, 6.45) is 3.77. The summed E-state index contributed by atoms with van der Waals surface area (Å²) < 4.78 is 31.4. The van der Waals surface area contributed by atoms with Crippen molar-refractivity contribution in [1.29, 1.82) is 0 Å². The van der Waals surface area contributed by atoms with Crippen LogP contribution in [0.3, 0.4) is 0 Å². The summed E-state index contributed by atoms with van der Waals surface area (Å²) >= 11 is 0. The standard InChI is InChI=1S/C27H28N4O3S/c1-4-35(32,33)21-7-5-6-19(14-21)22-8-9-24(34-17-18-10-12-31(3)13-11-18)26-25(22)23-15-20(28-2)16-29-27(23)30-26/h5-9,14-16,18H,4,10-13,17H2,1,3H3,(H,29,30). The minimum Gasteiger partial charge on any atom is -0.491 e. The molecule has 0 atom stereocenters. The fourth-order valence-corrected chi connectivity index (χ4v) is 5.66. The maximum Gasteiger partial charge on any atom is 0.205 e. The molecule has 0 bridgehead atoms. The smallest absolute Gasteiger partial charge is 0.205 e. The number of ether oxygens (including phenoxy) is 1. The second-order valence-corrected chi connectivity index (χ2v) is 11.5. The van der Waals surface area contributed by atoms with E-state index in [1.165, 1.54) is 0 Å². The first-order valence-corrected chi connectivity index (χ1v) is 13.5. The first kappa shape index (κ1) is 23.3. The molecular weight excluding hydrogens is 460 g/mol. The molecule has 8 heteroatoms. The number of aromatic nitrogens is 2. The quantitative estimate of drug-likeness (QED) is 0.365. The lowest BCUT2D eigenvalue weighted by molar-refractivity contribution is 0.161. The Balaban J connectivity index is 1.63. The number of fused-ring (bicyclic) bond motifs is 3. The van der Waals surface area contributed by atoms with Crippen molar-refractivity contribution < 1.29 is 13.2 Å². The first-order chi connectivity index (χ1) is 16.9. The molecule has 1 aliphatic rings. The van der Waals surface area contributed by atoms with E-state index >= 15 is 0 Å². The number of nitrogens with zero attached hydrogens (tertiary/aromatic N) is 3. The number of H-pyrrole nitrogens is 1. The number of hydrogen-bond donors (Lipinski definition) is 1. The largest absolute Gasteiger partial charge is 0.491 e. The number of benzene rings is 2. The number of rotatable bonds is 6. The van der Waals surface area contributed by atoms with E-state index in [1.807, 2.05) is 24.3 Å². The molecule has 0 spiro atoms. The van der Waals surface area contributed by atoms with Crippen LogP contribution in [0.25, 0.3) is 37.9 Å². The van der Waals surface area contributed by atoms with Gasteiger partial charge in [0.05, 0.1) is 29.3 Å². The Labute approximate surface area is 205 Å². The summed E-state index contributed by atoms with van der Waals surface area (Å²) in [6, 6.07) is 12.8. The van der Waals surface area contributed by atoms with Crippen molar-refractivity contribution in [1.82, 2.24) is 14.9 Å². The van der Waals surface area contributed by atoms with Crippen molar-refractivity contribution in [3.63, 3.8) is 0 Å². The van der Waals surface area contributed by atoms with Crippen LogP contribution < -0.4 is 4.74 Å². The van der Waals surface area contributed by atoms with Crippen LogP contribution in [0.5, 0.6) is 5.75 Å². The van der Waals surface area contributed by atoms with Gasteiger partial charge in [-0.2, -0.15) is 0 Å². The summed E-state index contributed by atoms with van der Waals surface area (Å²) in [4.78, 5) is 14.1. The summed E-state index contributed by atoms with van der Waals surface area (Å²) in [7, 11) is -1.20. The molecule has 1 fully saturated rings. The van der Waals surface area contributed by atoms with Crippen LogP contribution in [0.4, 0.5) is 5.69 Å². The lowest BCUT2D eigenvalue weighted by atomic mass is 9.98. The van der Waals surface area contributed by atoms with Crippen LogP contribution in [0.1, 0.15) is 19.8 Å².